The molecule has 1 aliphatic carbocycles. The molecule has 20 heavy (non-hydrogen) atoms. The van der Waals surface area contributed by atoms with Crippen LogP contribution in [0.4, 0.5) is 11.4 Å². The van der Waals surface area contributed by atoms with E-state index in [2.05, 4.69) is 10.6 Å². The van der Waals surface area contributed by atoms with Crippen LogP contribution in [0.15, 0.2) is 18.2 Å². The molecular weight excluding hydrogens is 258 g/mol. The van der Waals surface area contributed by atoms with Gasteiger partial charge in [-0.1, -0.05) is 12.8 Å². The number of hydrogen-bond acceptors (Lipinski definition) is 4. The zero-order chi connectivity index (χ0) is 14.5. The Bertz CT molecular complexity index is 512. The minimum absolute atomic E-state index is 0.0679. The third-order valence-corrected chi connectivity index (χ3v) is 3.36. The summed E-state index contributed by atoms with van der Waals surface area (Å²) in [4.78, 5) is 22.5. The van der Waals surface area contributed by atoms with Crippen LogP contribution in [0.5, 0.6) is 0 Å². The number of hydrogen-bond donors (Lipinski definition) is 2. The number of carbonyl (C=O) groups is 1. The van der Waals surface area contributed by atoms with Crippen LogP contribution >= 0.6 is 0 Å². The van der Waals surface area contributed by atoms with E-state index in [0.717, 1.165) is 12.3 Å². The van der Waals surface area contributed by atoms with Crippen molar-refractivity contribution in [3.63, 3.8) is 0 Å². The van der Waals surface area contributed by atoms with Gasteiger partial charge in [-0.05, 0) is 31.4 Å². The van der Waals surface area contributed by atoms with E-state index in [-0.39, 0.29) is 11.6 Å². The van der Waals surface area contributed by atoms with Gasteiger partial charge >= 0.3 is 0 Å². The van der Waals surface area contributed by atoms with E-state index >= 15 is 0 Å². The molecule has 2 N–H and O–H groups in total. The maximum atomic E-state index is 11.9. The number of benzene rings is 1. The van der Waals surface area contributed by atoms with E-state index in [4.69, 9.17) is 0 Å². The topological polar surface area (TPSA) is 84.3 Å². The standard InChI is InChI=1S/C14H19N3O3/c1-2-15-12-6-5-11(9-13(12)17(19)20)14(18)16-8-7-10-3-4-10/h5-6,9-10,15H,2-4,7-8H2,1H3,(H,16,18). The molecule has 1 amide bonds. The van der Waals surface area contributed by atoms with Crippen molar-refractivity contribution in [1.29, 1.82) is 0 Å². The minimum atomic E-state index is -0.473. The monoisotopic (exact) mass is 277 g/mol. The fraction of sp³-hybridized carbons (Fsp3) is 0.500. The molecule has 1 aromatic rings. The number of anilines is 1. The van der Waals surface area contributed by atoms with Gasteiger partial charge in [-0.15, -0.1) is 0 Å². The quantitative estimate of drug-likeness (QED) is 0.592. The number of nitro benzene ring substituents is 1. The SMILES string of the molecule is CCNc1ccc(C(=O)NCCC2CC2)cc1[N+](=O)[O-]. The summed E-state index contributed by atoms with van der Waals surface area (Å²) in [5.41, 5.74) is 0.697. The second kappa shape index (κ2) is 6.36. The van der Waals surface area contributed by atoms with Crippen molar-refractivity contribution in [2.24, 2.45) is 5.92 Å². The van der Waals surface area contributed by atoms with Crippen molar-refractivity contribution in [2.45, 2.75) is 26.2 Å². The van der Waals surface area contributed by atoms with Gasteiger partial charge in [0.25, 0.3) is 11.6 Å². The molecule has 0 radical (unpaired) electrons. The van der Waals surface area contributed by atoms with Crippen LogP contribution in [-0.4, -0.2) is 23.9 Å². The van der Waals surface area contributed by atoms with E-state index in [0.29, 0.717) is 24.3 Å². The van der Waals surface area contributed by atoms with Crippen LogP contribution in [0, 0.1) is 16.0 Å². The Labute approximate surface area is 117 Å². The summed E-state index contributed by atoms with van der Waals surface area (Å²) < 4.78 is 0. The highest BCUT2D eigenvalue weighted by molar-refractivity contribution is 5.95. The zero-order valence-electron chi connectivity index (χ0n) is 11.5. The number of rotatable bonds is 7. The van der Waals surface area contributed by atoms with E-state index < -0.39 is 4.92 Å². The highest BCUT2D eigenvalue weighted by Crippen LogP contribution is 2.31. The van der Waals surface area contributed by atoms with Crippen molar-refractivity contribution in [3.05, 3.63) is 33.9 Å². The largest absolute Gasteiger partial charge is 0.380 e. The summed E-state index contributed by atoms with van der Waals surface area (Å²) in [5, 5.41) is 16.7. The average molecular weight is 277 g/mol. The Morgan fingerprint density at radius 3 is 2.80 bits per heavy atom. The molecule has 1 aliphatic rings. The van der Waals surface area contributed by atoms with Crippen LogP contribution in [0.25, 0.3) is 0 Å². The van der Waals surface area contributed by atoms with Crippen molar-refractivity contribution >= 4 is 17.3 Å². The van der Waals surface area contributed by atoms with Crippen LogP contribution in [0.2, 0.25) is 0 Å². The molecule has 0 spiro atoms. The number of carbonyl (C=O) groups excluding carboxylic acids is 1. The minimum Gasteiger partial charge on any atom is -0.380 e. The van der Waals surface area contributed by atoms with Gasteiger partial charge in [0, 0.05) is 24.7 Å². The first kappa shape index (κ1) is 14.3. The summed E-state index contributed by atoms with van der Waals surface area (Å²) in [7, 11) is 0. The maximum Gasteiger partial charge on any atom is 0.293 e. The Hall–Kier alpha value is -2.11. The molecule has 2 rings (SSSR count). The maximum absolute atomic E-state index is 11.9. The van der Waals surface area contributed by atoms with Crippen molar-refractivity contribution in [2.75, 3.05) is 18.4 Å². The Morgan fingerprint density at radius 1 is 1.45 bits per heavy atom. The zero-order valence-corrected chi connectivity index (χ0v) is 11.5. The first-order chi connectivity index (χ1) is 9.61. The molecule has 0 heterocycles. The normalized spacial score (nSPS) is 13.8. The predicted octanol–water partition coefficient (Wildman–Crippen LogP) is 2.56. The number of nitrogens with zero attached hydrogens (tertiary/aromatic N) is 1. The highest BCUT2D eigenvalue weighted by Gasteiger charge is 2.21. The summed E-state index contributed by atoms with van der Waals surface area (Å²) >= 11 is 0. The number of nitro groups is 1. The summed E-state index contributed by atoms with van der Waals surface area (Å²) in [6.45, 7) is 3.09. The molecule has 0 aliphatic heterocycles. The Morgan fingerprint density at radius 2 is 2.20 bits per heavy atom. The van der Waals surface area contributed by atoms with Gasteiger partial charge in [-0.3, -0.25) is 14.9 Å². The highest BCUT2D eigenvalue weighted by atomic mass is 16.6. The molecule has 6 heteroatoms. The van der Waals surface area contributed by atoms with Gasteiger partial charge in [0.15, 0.2) is 0 Å². The third kappa shape index (κ3) is 3.69. The molecule has 6 nitrogen and oxygen atoms in total. The first-order valence-electron chi connectivity index (χ1n) is 6.92. The van der Waals surface area contributed by atoms with Crippen LogP contribution in [0.3, 0.4) is 0 Å². The van der Waals surface area contributed by atoms with E-state index in [1.165, 1.54) is 18.9 Å². The molecule has 1 saturated carbocycles. The predicted molar refractivity (Wildman–Crippen MR) is 76.9 cm³/mol. The molecule has 0 bridgehead atoms. The Kier molecular flexibility index (Phi) is 4.55. The molecular formula is C14H19N3O3. The van der Waals surface area contributed by atoms with Gasteiger partial charge in [-0.2, -0.15) is 0 Å². The summed E-state index contributed by atoms with van der Waals surface area (Å²) in [5.74, 6) is 0.498. The van der Waals surface area contributed by atoms with E-state index in [9.17, 15) is 14.9 Å². The smallest absolute Gasteiger partial charge is 0.293 e. The molecule has 1 fully saturated rings. The lowest BCUT2D eigenvalue weighted by atomic mass is 10.1. The fourth-order valence-electron chi connectivity index (χ4n) is 2.06. The van der Waals surface area contributed by atoms with Crippen LogP contribution in [-0.2, 0) is 0 Å². The van der Waals surface area contributed by atoms with Gasteiger partial charge in [0.1, 0.15) is 5.69 Å². The lowest BCUT2D eigenvalue weighted by Gasteiger charge is -2.07. The van der Waals surface area contributed by atoms with Gasteiger partial charge in [-0.25, -0.2) is 0 Å². The van der Waals surface area contributed by atoms with Crippen molar-refractivity contribution < 1.29 is 9.72 Å². The molecule has 0 unspecified atom stereocenters. The second-order valence-electron chi connectivity index (χ2n) is 5.01. The first-order valence-corrected chi connectivity index (χ1v) is 6.92. The molecule has 0 aromatic heterocycles. The average Bonchev–Trinajstić information content (AvgIpc) is 3.23. The number of nitrogens with one attached hydrogen (secondary N) is 2. The molecule has 108 valence electrons. The molecule has 0 atom stereocenters. The lowest BCUT2D eigenvalue weighted by molar-refractivity contribution is -0.384. The van der Waals surface area contributed by atoms with E-state index in [1.54, 1.807) is 12.1 Å². The second-order valence-corrected chi connectivity index (χ2v) is 5.01. The van der Waals surface area contributed by atoms with Crippen molar-refractivity contribution in [3.8, 4) is 0 Å². The number of amides is 1. The summed E-state index contributed by atoms with van der Waals surface area (Å²) in [6.07, 6.45) is 3.49. The van der Waals surface area contributed by atoms with Crippen LogP contribution < -0.4 is 10.6 Å². The lowest BCUT2D eigenvalue weighted by Crippen LogP contribution is -2.24. The molecule has 0 saturated heterocycles. The van der Waals surface area contributed by atoms with Crippen molar-refractivity contribution in [1.82, 2.24) is 5.32 Å². The third-order valence-electron chi connectivity index (χ3n) is 3.36. The van der Waals surface area contributed by atoms with Gasteiger partial charge in [0.05, 0.1) is 4.92 Å². The van der Waals surface area contributed by atoms with Gasteiger partial charge < -0.3 is 10.6 Å². The van der Waals surface area contributed by atoms with Gasteiger partial charge in [0.2, 0.25) is 0 Å². The Balaban J connectivity index is 2.04. The fourth-order valence-corrected chi connectivity index (χ4v) is 2.06. The van der Waals surface area contributed by atoms with Crippen LogP contribution in [0.1, 0.15) is 36.5 Å². The van der Waals surface area contributed by atoms with E-state index in [1.807, 2.05) is 6.92 Å². The summed E-state index contributed by atoms with van der Waals surface area (Å²) in [6, 6.07) is 4.51. The molecule has 1 aromatic carbocycles.